The fraction of sp³-hybridized carbons (Fsp3) is 0.176. The molecule has 0 atom stereocenters. The van der Waals surface area contributed by atoms with Crippen LogP contribution in [0.15, 0.2) is 42.5 Å². The van der Waals surface area contributed by atoms with Gasteiger partial charge in [-0.1, -0.05) is 35.9 Å². The van der Waals surface area contributed by atoms with E-state index in [2.05, 4.69) is 5.32 Å². The topological polar surface area (TPSA) is 75.6 Å². The predicted octanol–water partition coefficient (Wildman–Crippen LogP) is 2.83. The van der Waals surface area contributed by atoms with E-state index >= 15 is 0 Å². The Morgan fingerprint density at radius 2 is 1.96 bits per heavy atom. The lowest BCUT2D eigenvalue weighted by molar-refractivity contribution is -0.124. The zero-order valence-electron chi connectivity index (χ0n) is 12.5. The Labute approximate surface area is 138 Å². The lowest BCUT2D eigenvalue weighted by Crippen LogP contribution is -2.28. The van der Waals surface area contributed by atoms with Crippen molar-refractivity contribution in [3.05, 3.63) is 64.2 Å². The van der Waals surface area contributed by atoms with Gasteiger partial charge in [0.1, 0.15) is 11.3 Å². The van der Waals surface area contributed by atoms with Crippen molar-refractivity contribution >= 4 is 23.5 Å². The van der Waals surface area contributed by atoms with Gasteiger partial charge in [-0.15, -0.1) is 0 Å². The van der Waals surface area contributed by atoms with Gasteiger partial charge in [0.15, 0.2) is 6.61 Å². The molecule has 0 saturated carbocycles. The number of hydrogen-bond donors (Lipinski definition) is 2. The number of amides is 1. The first-order valence-corrected chi connectivity index (χ1v) is 7.32. The van der Waals surface area contributed by atoms with Crippen molar-refractivity contribution < 1.29 is 19.4 Å². The number of carbonyl (C=O) groups is 2. The second kappa shape index (κ2) is 7.65. The highest BCUT2D eigenvalue weighted by Gasteiger charge is 2.14. The molecule has 0 spiro atoms. The van der Waals surface area contributed by atoms with E-state index in [-0.39, 0.29) is 11.3 Å². The van der Waals surface area contributed by atoms with Crippen LogP contribution in [0.5, 0.6) is 5.75 Å². The van der Waals surface area contributed by atoms with Crippen LogP contribution in [0.25, 0.3) is 0 Å². The number of benzene rings is 2. The third kappa shape index (κ3) is 4.72. The van der Waals surface area contributed by atoms with Gasteiger partial charge in [-0.05, 0) is 36.2 Å². The number of hydrogen-bond acceptors (Lipinski definition) is 4. The highest BCUT2D eigenvalue weighted by atomic mass is 35.5. The number of phenols is 1. The zero-order chi connectivity index (χ0) is 16.8. The summed E-state index contributed by atoms with van der Waals surface area (Å²) in [5.41, 5.74) is 2.01. The fourth-order valence-electron chi connectivity index (χ4n) is 1.94. The maximum Gasteiger partial charge on any atom is 0.342 e. The molecule has 0 aromatic heterocycles. The van der Waals surface area contributed by atoms with Crippen LogP contribution >= 0.6 is 11.6 Å². The van der Waals surface area contributed by atoms with Crippen molar-refractivity contribution in [2.75, 3.05) is 6.61 Å². The normalized spacial score (nSPS) is 10.2. The van der Waals surface area contributed by atoms with E-state index < -0.39 is 18.5 Å². The summed E-state index contributed by atoms with van der Waals surface area (Å²) in [6.07, 6.45) is 0. The number of esters is 1. The number of aryl methyl sites for hydroxylation is 1. The molecular formula is C17H16ClNO4. The number of halogens is 1. The molecule has 1 amide bonds. The SMILES string of the molecule is Cc1ccccc1CNC(=O)COC(=O)c1ccc(Cl)cc1O. The summed E-state index contributed by atoms with van der Waals surface area (Å²) in [5.74, 6) is -1.50. The van der Waals surface area contributed by atoms with Crippen LogP contribution in [0.3, 0.4) is 0 Å². The monoisotopic (exact) mass is 333 g/mol. The molecule has 120 valence electrons. The molecule has 23 heavy (non-hydrogen) atoms. The molecule has 5 nitrogen and oxygen atoms in total. The maximum atomic E-state index is 11.8. The molecule has 0 unspecified atom stereocenters. The molecule has 2 aromatic rings. The number of aromatic hydroxyl groups is 1. The van der Waals surface area contributed by atoms with E-state index in [1.165, 1.54) is 18.2 Å². The molecule has 0 aliphatic carbocycles. The van der Waals surface area contributed by atoms with Crippen molar-refractivity contribution in [1.29, 1.82) is 0 Å². The van der Waals surface area contributed by atoms with Gasteiger partial charge < -0.3 is 15.2 Å². The van der Waals surface area contributed by atoms with Crippen molar-refractivity contribution in [3.63, 3.8) is 0 Å². The number of carbonyl (C=O) groups excluding carboxylic acids is 2. The van der Waals surface area contributed by atoms with Gasteiger partial charge in [-0.3, -0.25) is 4.79 Å². The molecule has 0 saturated heterocycles. The molecule has 2 rings (SSSR count). The molecule has 0 fully saturated rings. The molecule has 2 aromatic carbocycles. The van der Waals surface area contributed by atoms with Gasteiger partial charge >= 0.3 is 5.97 Å². The van der Waals surface area contributed by atoms with Crippen LogP contribution in [0.1, 0.15) is 21.5 Å². The minimum absolute atomic E-state index is 0.0406. The Bertz CT molecular complexity index is 730. The first-order chi connectivity index (χ1) is 11.0. The molecule has 0 bridgehead atoms. The second-order valence-electron chi connectivity index (χ2n) is 4.94. The van der Waals surface area contributed by atoms with Gasteiger partial charge in [-0.2, -0.15) is 0 Å². The average Bonchev–Trinajstić information content (AvgIpc) is 2.52. The molecule has 0 heterocycles. The molecule has 2 N–H and O–H groups in total. The van der Waals surface area contributed by atoms with Crippen molar-refractivity contribution in [2.45, 2.75) is 13.5 Å². The van der Waals surface area contributed by atoms with Gasteiger partial charge in [0.2, 0.25) is 0 Å². The summed E-state index contributed by atoms with van der Waals surface area (Å²) in [6.45, 7) is 1.88. The zero-order valence-corrected chi connectivity index (χ0v) is 13.3. The quantitative estimate of drug-likeness (QED) is 0.825. The highest BCUT2D eigenvalue weighted by Crippen LogP contribution is 2.22. The van der Waals surface area contributed by atoms with Crippen LogP contribution in [-0.2, 0) is 16.1 Å². The van der Waals surface area contributed by atoms with E-state index in [0.29, 0.717) is 11.6 Å². The molecular weight excluding hydrogens is 318 g/mol. The fourth-order valence-corrected chi connectivity index (χ4v) is 2.11. The Kier molecular flexibility index (Phi) is 5.60. The van der Waals surface area contributed by atoms with E-state index in [9.17, 15) is 14.7 Å². The van der Waals surface area contributed by atoms with Crippen LogP contribution in [0.4, 0.5) is 0 Å². The summed E-state index contributed by atoms with van der Waals surface area (Å²) >= 11 is 5.69. The summed E-state index contributed by atoms with van der Waals surface area (Å²) in [5, 5.41) is 12.6. The van der Waals surface area contributed by atoms with E-state index in [4.69, 9.17) is 16.3 Å². The number of rotatable bonds is 5. The molecule has 0 aliphatic heterocycles. The second-order valence-corrected chi connectivity index (χ2v) is 5.38. The van der Waals surface area contributed by atoms with Gasteiger partial charge in [0.05, 0.1) is 0 Å². The lowest BCUT2D eigenvalue weighted by Gasteiger charge is -2.09. The number of ether oxygens (including phenoxy) is 1. The summed E-state index contributed by atoms with van der Waals surface area (Å²) < 4.78 is 4.88. The third-order valence-electron chi connectivity index (χ3n) is 3.25. The van der Waals surface area contributed by atoms with Crippen molar-refractivity contribution in [2.24, 2.45) is 0 Å². The van der Waals surface area contributed by atoms with Crippen molar-refractivity contribution in [1.82, 2.24) is 5.32 Å². The van der Waals surface area contributed by atoms with Crippen LogP contribution in [-0.4, -0.2) is 23.6 Å². The van der Waals surface area contributed by atoms with E-state index in [0.717, 1.165) is 11.1 Å². The Morgan fingerprint density at radius 3 is 2.65 bits per heavy atom. The van der Waals surface area contributed by atoms with E-state index in [1.807, 2.05) is 31.2 Å². The standard InChI is InChI=1S/C17H16ClNO4/c1-11-4-2-3-5-12(11)9-19-16(21)10-23-17(22)14-7-6-13(18)8-15(14)20/h2-8,20H,9-10H2,1H3,(H,19,21). The van der Waals surface area contributed by atoms with Crippen LogP contribution in [0, 0.1) is 6.92 Å². The van der Waals surface area contributed by atoms with E-state index in [1.54, 1.807) is 0 Å². The molecule has 6 heteroatoms. The first kappa shape index (κ1) is 16.8. The van der Waals surface area contributed by atoms with Crippen LogP contribution in [0.2, 0.25) is 5.02 Å². The number of nitrogens with one attached hydrogen (secondary N) is 1. The molecule has 0 radical (unpaired) electrons. The summed E-state index contributed by atoms with van der Waals surface area (Å²) in [4.78, 5) is 23.5. The first-order valence-electron chi connectivity index (χ1n) is 6.94. The van der Waals surface area contributed by atoms with Crippen LogP contribution < -0.4 is 5.32 Å². The Morgan fingerprint density at radius 1 is 1.22 bits per heavy atom. The Hall–Kier alpha value is -2.53. The van der Waals surface area contributed by atoms with Gasteiger partial charge in [-0.25, -0.2) is 4.79 Å². The third-order valence-corrected chi connectivity index (χ3v) is 3.49. The largest absolute Gasteiger partial charge is 0.507 e. The maximum absolute atomic E-state index is 11.8. The summed E-state index contributed by atoms with van der Waals surface area (Å²) in [6, 6.07) is 11.7. The van der Waals surface area contributed by atoms with Crippen molar-refractivity contribution in [3.8, 4) is 5.75 Å². The number of phenolic OH excluding ortho intramolecular Hbond substituents is 1. The average molecular weight is 334 g/mol. The lowest BCUT2D eigenvalue weighted by atomic mass is 10.1. The van der Waals surface area contributed by atoms with Gasteiger partial charge in [0, 0.05) is 11.6 Å². The smallest absolute Gasteiger partial charge is 0.342 e. The minimum Gasteiger partial charge on any atom is -0.507 e. The molecule has 0 aliphatic rings. The highest BCUT2D eigenvalue weighted by molar-refractivity contribution is 6.30. The van der Waals surface area contributed by atoms with Gasteiger partial charge in [0.25, 0.3) is 5.91 Å². The Balaban J connectivity index is 1.84. The summed E-state index contributed by atoms with van der Waals surface area (Å²) in [7, 11) is 0. The minimum atomic E-state index is -0.787. The predicted molar refractivity (Wildman–Crippen MR) is 86.4 cm³/mol.